The Morgan fingerprint density at radius 3 is 3.00 bits per heavy atom. The van der Waals surface area contributed by atoms with E-state index in [-0.39, 0.29) is 36.1 Å². The number of phenolic OH excluding ortho intramolecular Hbond substituents is 1. The largest absolute Gasteiger partial charge is 0.506 e. The number of nitro groups is 1. The first-order valence-corrected chi connectivity index (χ1v) is 7.11. The van der Waals surface area contributed by atoms with E-state index in [4.69, 9.17) is 4.74 Å². The fourth-order valence-electron chi connectivity index (χ4n) is 2.27. The third kappa shape index (κ3) is 3.32. The molecule has 0 unspecified atom stereocenters. The molecule has 0 radical (unpaired) electrons. The van der Waals surface area contributed by atoms with Gasteiger partial charge in [0.2, 0.25) is 5.91 Å². The van der Waals surface area contributed by atoms with E-state index in [9.17, 15) is 24.8 Å². The van der Waals surface area contributed by atoms with Crippen LogP contribution in [0.5, 0.6) is 11.5 Å². The normalized spacial score (nSPS) is 13.0. The van der Waals surface area contributed by atoms with Crippen molar-refractivity contribution in [2.45, 2.75) is 0 Å². The summed E-state index contributed by atoms with van der Waals surface area (Å²) in [6, 6.07) is 6.49. The number of pyridine rings is 1. The predicted molar refractivity (Wildman–Crippen MR) is 85.5 cm³/mol. The van der Waals surface area contributed by atoms with E-state index >= 15 is 0 Å². The average molecular weight is 344 g/mol. The van der Waals surface area contributed by atoms with Crippen LogP contribution in [0.25, 0.3) is 0 Å². The molecule has 1 aromatic heterocycles. The minimum absolute atomic E-state index is 0.124. The lowest BCUT2D eigenvalue weighted by atomic mass is 10.2. The molecule has 0 saturated heterocycles. The van der Waals surface area contributed by atoms with Crippen molar-refractivity contribution in [1.82, 2.24) is 4.98 Å². The van der Waals surface area contributed by atoms with E-state index < -0.39 is 16.7 Å². The van der Waals surface area contributed by atoms with Crippen LogP contribution in [0.1, 0.15) is 0 Å². The molecule has 0 aliphatic carbocycles. The summed E-state index contributed by atoms with van der Waals surface area (Å²) in [7, 11) is 0. The van der Waals surface area contributed by atoms with E-state index in [1.807, 2.05) is 0 Å². The Labute approximate surface area is 140 Å². The predicted octanol–water partition coefficient (Wildman–Crippen LogP) is 1.06. The zero-order valence-electron chi connectivity index (χ0n) is 12.7. The first-order valence-electron chi connectivity index (χ1n) is 7.11. The lowest BCUT2D eigenvalue weighted by Crippen LogP contribution is -2.43. The number of hydrogen-bond acceptors (Lipinski definition) is 7. The zero-order valence-corrected chi connectivity index (χ0v) is 12.7. The second-order valence-electron chi connectivity index (χ2n) is 5.10. The van der Waals surface area contributed by atoms with Crippen LogP contribution in [-0.4, -0.2) is 40.0 Å². The number of nitrogens with zero attached hydrogens (tertiary/aromatic N) is 3. The van der Waals surface area contributed by atoms with Gasteiger partial charge in [-0.2, -0.15) is 0 Å². The Morgan fingerprint density at radius 2 is 2.24 bits per heavy atom. The fourth-order valence-corrected chi connectivity index (χ4v) is 2.27. The number of carbonyl (C=O) groups excluding carboxylic acids is 2. The number of non-ortho nitro benzene ring substituents is 1. The number of aromatic nitrogens is 1. The molecule has 10 heteroatoms. The molecule has 0 saturated carbocycles. The van der Waals surface area contributed by atoms with Crippen LogP contribution in [-0.2, 0) is 9.59 Å². The number of carbonyl (C=O) groups is 2. The van der Waals surface area contributed by atoms with Gasteiger partial charge < -0.3 is 15.2 Å². The maximum absolute atomic E-state index is 12.2. The molecule has 10 nitrogen and oxygen atoms in total. The topological polar surface area (TPSA) is 135 Å². The molecule has 2 aromatic rings. The highest BCUT2D eigenvalue weighted by atomic mass is 16.6. The second kappa shape index (κ2) is 6.43. The van der Waals surface area contributed by atoms with E-state index in [0.29, 0.717) is 5.75 Å². The van der Waals surface area contributed by atoms with Crippen molar-refractivity contribution in [3.05, 3.63) is 46.6 Å². The second-order valence-corrected chi connectivity index (χ2v) is 5.10. The lowest BCUT2D eigenvalue weighted by Gasteiger charge is -2.27. The molecule has 1 aliphatic heterocycles. The number of anilines is 2. The molecular weight excluding hydrogens is 332 g/mol. The fraction of sp³-hybridized carbons (Fsp3) is 0.133. The molecule has 0 atom stereocenters. The molecule has 2 heterocycles. The summed E-state index contributed by atoms with van der Waals surface area (Å²) < 4.78 is 5.23. The number of fused-ring (bicyclic) bond motifs is 1. The van der Waals surface area contributed by atoms with Crippen LogP contribution in [0.2, 0.25) is 0 Å². The molecule has 1 aromatic carbocycles. The van der Waals surface area contributed by atoms with Gasteiger partial charge in [0.05, 0.1) is 10.6 Å². The summed E-state index contributed by atoms with van der Waals surface area (Å²) in [6.07, 6.45) is 1.46. The van der Waals surface area contributed by atoms with E-state index in [0.717, 1.165) is 23.1 Å². The van der Waals surface area contributed by atoms with Gasteiger partial charge in [-0.15, -0.1) is 0 Å². The quantitative estimate of drug-likeness (QED) is 0.481. The van der Waals surface area contributed by atoms with Crippen molar-refractivity contribution in [3.63, 3.8) is 0 Å². The van der Waals surface area contributed by atoms with Gasteiger partial charge in [-0.1, -0.05) is 0 Å². The summed E-state index contributed by atoms with van der Waals surface area (Å²) >= 11 is 0. The Balaban J connectivity index is 1.78. The summed E-state index contributed by atoms with van der Waals surface area (Å²) in [5.74, 6) is -0.858. The standard InChI is InChI=1S/C15H12N4O6/c20-11-4-3-9(19(23)24)6-10(11)17-13(21)7-18-14(22)8-25-12-2-1-5-16-15(12)18/h1-6,20H,7-8H2,(H,17,21). The highest BCUT2D eigenvalue weighted by Gasteiger charge is 2.28. The molecule has 0 fully saturated rings. The minimum Gasteiger partial charge on any atom is -0.506 e. The zero-order chi connectivity index (χ0) is 18.0. The number of amides is 2. The SMILES string of the molecule is O=C(CN1C(=O)COc2cccnc21)Nc1cc([N+](=O)[O-])ccc1O. The summed E-state index contributed by atoms with van der Waals surface area (Å²) in [5, 5.41) is 22.9. The summed E-state index contributed by atoms with van der Waals surface area (Å²) in [6.45, 7) is -0.609. The monoisotopic (exact) mass is 344 g/mol. The Morgan fingerprint density at radius 1 is 1.44 bits per heavy atom. The minimum atomic E-state index is -0.652. The number of phenols is 1. The molecule has 1 aliphatic rings. The van der Waals surface area contributed by atoms with Crippen LogP contribution in [0.3, 0.4) is 0 Å². The van der Waals surface area contributed by atoms with Crippen molar-refractivity contribution >= 4 is 29.0 Å². The van der Waals surface area contributed by atoms with Crippen molar-refractivity contribution in [1.29, 1.82) is 0 Å². The van der Waals surface area contributed by atoms with Crippen LogP contribution in [0.4, 0.5) is 17.2 Å². The maximum atomic E-state index is 12.2. The van der Waals surface area contributed by atoms with Crippen molar-refractivity contribution < 1.29 is 24.4 Å². The van der Waals surface area contributed by atoms with Gasteiger partial charge in [0, 0.05) is 18.3 Å². The first kappa shape index (κ1) is 16.2. The van der Waals surface area contributed by atoms with E-state index in [1.165, 1.54) is 6.20 Å². The van der Waals surface area contributed by atoms with Crippen molar-refractivity contribution in [2.24, 2.45) is 0 Å². The van der Waals surface area contributed by atoms with Crippen LogP contribution < -0.4 is 15.0 Å². The van der Waals surface area contributed by atoms with Crippen molar-refractivity contribution in [3.8, 4) is 11.5 Å². The molecule has 3 rings (SSSR count). The van der Waals surface area contributed by atoms with Gasteiger partial charge >= 0.3 is 0 Å². The third-order valence-corrected chi connectivity index (χ3v) is 3.43. The molecule has 0 bridgehead atoms. The molecule has 128 valence electrons. The third-order valence-electron chi connectivity index (χ3n) is 3.43. The Kier molecular flexibility index (Phi) is 4.16. The highest BCUT2D eigenvalue weighted by molar-refractivity contribution is 6.04. The maximum Gasteiger partial charge on any atom is 0.271 e. The van der Waals surface area contributed by atoms with Crippen molar-refractivity contribution in [2.75, 3.05) is 23.4 Å². The first-order chi connectivity index (χ1) is 12.0. The number of ether oxygens (including phenoxy) is 1. The summed E-state index contributed by atoms with van der Waals surface area (Å²) in [5.41, 5.74) is -0.413. The Hall–Kier alpha value is -3.69. The molecular formula is C15H12N4O6. The summed E-state index contributed by atoms with van der Waals surface area (Å²) in [4.78, 5) is 39.5. The number of nitrogens with one attached hydrogen (secondary N) is 1. The van der Waals surface area contributed by atoms with Crippen LogP contribution in [0, 0.1) is 10.1 Å². The molecule has 2 N–H and O–H groups in total. The Bertz CT molecular complexity index is 869. The van der Waals surface area contributed by atoms with Gasteiger partial charge in [-0.05, 0) is 18.2 Å². The number of benzene rings is 1. The van der Waals surface area contributed by atoms with Gasteiger partial charge in [-0.3, -0.25) is 24.6 Å². The highest BCUT2D eigenvalue weighted by Crippen LogP contribution is 2.30. The molecule has 2 amide bonds. The average Bonchev–Trinajstić information content (AvgIpc) is 2.59. The smallest absolute Gasteiger partial charge is 0.271 e. The van der Waals surface area contributed by atoms with Crippen LogP contribution >= 0.6 is 0 Å². The molecule has 25 heavy (non-hydrogen) atoms. The van der Waals surface area contributed by atoms with Gasteiger partial charge in [0.25, 0.3) is 11.6 Å². The van der Waals surface area contributed by atoms with Crippen LogP contribution in [0.15, 0.2) is 36.5 Å². The van der Waals surface area contributed by atoms with E-state index in [2.05, 4.69) is 10.3 Å². The number of hydrogen-bond donors (Lipinski definition) is 2. The molecule has 0 spiro atoms. The van der Waals surface area contributed by atoms with E-state index in [1.54, 1.807) is 12.1 Å². The lowest BCUT2D eigenvalue weighted by molar-refractivity contribution is -0.384. The van der Waals surface area contributed by atoms with Gasteiger partial charge in [-0.25, -0.2) is 4.98 Å². The number of aromatic hydroxyl groups is 1. The van der Waals surface area contributed by atoms with Gasteiger partial charge in [0.1, 0.15) is 12.3 Å². The van der Waals surface area contributed by atoms with Gasteiger partial charge in [0.15, 0.2) is 18.2 Å². The number of nitro benzene ring substituents is 1. The number of rotatable bonds is 4.